The molecule has 2 aromatic rings. The Morgan fingerprint density at radius 2 is 2.00 bits per heavy atom. The molecule has 1 aliphatic heterocycles. The largest absolute Gasteiger partial charge is 0.299 e. The summed E-state index contributed by atoms with van der Waals surface area (Å²) in [7, 11) is 0. The van der Waals surface area contributed by atoms with Crippen molar-refractivity contribution in [3.05, 3.63) is 47.8 Å². The molecule has 1 aromatic heterocycles. The molecule has 1 atom stereocenters. The first-order valence-electron chi connectivity index (χ1n) is 8.79. The van der Waals surface area contributed by atoms with Crippen LogP contribution in [0.3, 0.4) is 0 Å². The molecule has 3 heteroatoms. The maximum absolute atomic E-state index is 4.59. The van der Waals surface area contributed by atoms with Crippen LogP contribution in [0.2, 0.25) is 0 Å². The quantitative estimate of drug-likeness (QED) is 0.814. The third kappa shape index (κ3) is 3.97. The lowest BCUT2D eigenvalue weighted by molar-refractivity contribution is 0.314. The Labute approximate surface area is 139 Å². The normalized spacial score (nSPS) is 18.7. The van der Waals surface area contributed by atoms with Gasteiger partial charge in [-0.25, -0.2) is 9.97 Å². The fraction of sp³-hybridized carbons (Fsp3) is 0.500. The molecule has 0 amide bonds. The van der Waals surface area contributed by atoms with Crippen LogP contribution in [-0.4, -0.2) is 28.0 Å². The smallest absolute Gasteiger partial charge is 0.159 e. The number of hydrogen-bond donors (Lipinski definition) is 0. The summed E-state index contributed by atoms with van der Waals surface area (Å²) in [6.07, 6.45) is 6.60. The molecular weight excluding hydrogens is 282 g/mol. The third-order valence-electron chi connectivity index (χ3n) is 4.87. The Hall–Kier alpha value is -1.74. The number of benzene rings is 1. The van der Waals surface area contributed by atoms with Crippen LogP contribution < -0.4 is 0 Å². The summed E-state index contributed by atoms with van der Waals surface area (Å²) in [5.74, 6) is 2.22. The van der Waals surface area contributed by atoms with E-state index in [9.17, 15) is 0 Å². The predicted molar refractivity (Wildman–Crippen MR) is 95.2 cm³/mol. The highest BCUT2D eigenvalue weighted by Gasteiger charge is 2.20. The number of nitrogens with zero attached hydrogens (tertiary/aromatic N) is 3. The maximum Gasteiger partial charge on any atom is 0.159 e. The van der Waals surface area contributed by atoms with Crippen LogP contribution in [0, 0.1) is 5.92 Å². The van der Waals surface area contributed by atoms with Gasteiger partial charge >= 0.3 is 0 Å². The van der Waals surface area contributed by atoms with Gasteiger partial charge in [0.25, 0.3) is 0 Å². The zero-order valence-corrected chi connectivity index (χ0v) is 14.5. The molecule has 2 heterocycles. The van der Waals surface area contributed by atoms with E-state index in [1.807, 2.05) is 12.4 Å². The van der Waals surface area contributed by atoms with Crippen LogP contribution in [0.25, 0.3) is 11.4 Å². The van der Waals surface area contributed by atoms with Crippen LogP contribution in [-0.2, 0) is 6.54 Å². The zero-order chi connectivity index (χ0) is 16.2. The van der Waals surface area contributed by atoms with Crippen LogP contribution in [0.1, 0.15) is 50.7 Å². The first-order valence-corrected chi connectivity index (χ1v) is 8.79. The molecular formula is C20H27N3. The molecule has 0 spiro atoms. The van der Waals surface area contributed by atoms with Crippen molar-refractivity contribution >= 4 is 0 Å². The van der Waals surface area contributed by atoms with Crippen molar-refractivity contribution in [2.75, 3.05) is 13.1 Å². The second-order valence-electron chi connectivity index (χ2n) is 6.99. The summed E-state index contributed by atoms with van der Waals surface area (Å²) >= 11 is 0. The summed E-state index contributed by atoms with van der Waals surface area (Å²) in [6, 6.07) is 8.55. The average molecular weight is 309 g/mol. The van der Waals surface area contributed by atoms with E-state index in [0.717, 1.165) is 23.9 Å². The lowest BCUT2D eigenvalue weighted by Gasteiger charge is -2.15. The summed E-state index contributed by atoms with van der Waals surface area (Å²) in [5, 5.41) is 0. The van der Waals surface area contributed by atoms with Crippen molar-refractivity contribution in [1.29, 1.82) is 0 Å². The van der Waals surface area contributed by atoms with E-state index in [-0.39, 0.29) is 0 Å². The average Bonchev–Trinajstić information content (AvgIpc) is 3.03. The molecule has 23 heavy (non-hydrogen) atoms. The van der Waals surface area contributed by atoms with E-state index in [2.05, 4.69) is 59.9 Å². The van der Waals surface area contributed by atoms with Gasteiger partial charge in [-0.3, -0.25) is 4.90 Å². The van der Waals surface area contributed by atoms with Gasteiger partial charge in [-0.05, 0) is 36.4 Å². The van der Waals surface area contributed by atoms with E-state index >= 15 is 0 Å². The molecule has 0 aliphatic carbocycles. The van der Waals surface area contributed by atoms with Gasteiger partial charge in [0, 0.05) is 36.6 Å². The summed E-state index contributed by atoms with van der Waals surface area (Å²) in [5.41, 5.74) is 3.65. The van der Waals surface area contributed by atoms with E-state index in [1.165, 1.54) is 37.1 Å². The van der Waals surface area contributed by atoms with E-state index in [0.29, 0.717) is 5.92 Å². The van der Waals surface area contributed by atoms with Crippen molar-refractivity contribution in [3.8, 4) is 11.4 Å². The minimum atomic E-state index is 0.524. The molecule has 0 radical (unpaired) electrons. The number of hydrogen-bond acceptors (Lipinski definition) is 3. The van der Waals surface area contributed by atoms with Crippen LogP contribution in [0.15, 0.2) is 36.7 Å². The second-order valence-corrected chi connectivity index (χ2v) is 6.99. The lowest BCUT2D eigenvalue weighted by Crippen LogP contribution is -2.20. The molecule has 0 bridgehead atoms. The highest BCUT2D eigenvalue weighted by molar-refractivity contribution is 5.56. The van der Waals surface area contributed by atoms with Gasteiger partial charge in [0.15, 0.2) is 5.82 Å². The third-order valence-corrected chi connectivity index (χ3v) is 4.87. The van der Waals surface area contributed by atoms with Crippen molar-refractivity contribution in [2.45, 2.75) is 46.1 Å². The minimum absolute atomic E-state index is 0.524. The van der Waals surface area contributed by atoms with Crippen molar-refractivity contribution < 1.29 is 0 Å². The summed E-state index contributed by atoms with van der Waals surface area (Å²) < 4.78 is 0. The monoisotopic (exact) mass is 309 g/mol. The molecule has 3 rings (SSSR count). The summed E-state index contributed by atoms with van der Waals surface area (Å²) in [4.78, 5) is 11.7. The Bertz CT molecular complexity index is 634. The van der Waals surface area contributed by atoms with Gasteiger partial charge in [0.2, 0.25) is 0 Å². The number of aromatic nitrogens is 2. The molecule has 0 N–H and O–H groups in total. The van der Waals surface area contributed by atoms with Gasteiger partial charge in [-0.2, -0.15) is 0 Å². The second kappa shape index (κ2) is 7.22. The Morgan fingerprint density at radius 1 is 1.22 bits per heavy atom. The predicted octanol–water partition coefficient (Wildman–Crippen LogP) is 4.50. The standard InChI is InChI=1S/C20H27N3/c1-4-16-8-9-23(13-16)14-17-11-21-20(22-12-17)19-7-5-6-18(10-19)15(2)3/h5-7,10-12,15-16H,4,8-9,13-14H2,1-3H3. The molecule has 1 saturated heterocycles. The zero-order valence-electron chi connectivity index (χ0n) is 14.5. The molecule has 1 aliphatic rings. The van der Waals surface area contributed by atoms with Gasteiger partial charge in [-0.1, -0.05) is 45.4 Å². The van der Waals surface area contributed by atoms with E-state index < -0.39 is 0 Å². The van der Waals surface area contributed by atoms with Gasteiger partial charge in [0.05, 0.1) is 0 Å². The highest BCUT2D eigenvalue weighted by atomic mass is 15.1. The Kier molecular flexibility index (Phi) is 5.06. The summed E-state index contributed by atoms with van der Waals surface area (Å²) in [6.45, 7) is 10.1. The lowest BCUT2D eigenvalue weighted by atomic mass is 10.0. The number of likely N-dealkylation sites (tertiary alicyclic amines) is 1. The van der Waals surface area contributed by atoms with Gasteiger partial charge in [0.1, 0.15) is 0 Å². The molecule has 1 fully saturated rings. The first-order chi connectivity index (χ1) is 11.2. The van der Waals surface area contributed by atoms with Crippen LogP contribution >= 0.6 is 0 Å². The fourth-order valence-corrected chi connectivity index (χ4v) is 3.27. The molecule has 0 saturated carbocycles. The van der Waals surface area contributed by atoms with Crippen LogP contribution in [0.5, 0.6) is 0 Å². The Balaban J connectivity index is 1.69. The van der Waals surface area contributed by atoms with Crippen molar-refractivity contribution in [1.82, 2.24) is 14.9 Å². The van der Waals surface area contributed by atoms with Crippen molar-refractivity contribution in [3.63, 3.8) is 0 Å². The maximum atomic E-state index is 4.59. The number of rotatable bonds is 5. The van der Waals surface area contributed by atoms with Gasteiger partial charge < -0.3 is 0 Å². The Morgan fingerprint density at radius 3 is 2.65 bits per heavy atom. The van der Waals surface area contributed by atoms with E-state index in [4.69, 9.17) is 0 Å². The molecule has 1 aromatic carbocycles. The van der Waals surface area contributed by atoms with E-state index in [1.54, 1.807) is 0 Å². The first kappa shape index (κ1) is 16.1. The minimum Gasteiger partial charge on any atom is -0.299 e. The SMILES string of the molecule is CCC1CCN(Cc2cnc(-c3cccc(C(C)C)c3)nc2)C1. The van der Waals surface area contributed by atoms with Gasteiger partial charge in [-0.15, -0.1) is 0 Å². The highest BCUT2D eigenvalue weighted by Crippen LogP contribution is 2.23. The molecule has 3 nitrogen and oxygen atoms in total. The fourth-order valence-electron chi connectivity index (χ4n) is 3.27. The van der Waals surface area contributed by atoms with Crippen LogP contribution in [0.4, 0.5) is 0 Å². The molecule has 122 valence electrons. The molecule has 1 unspecified atom stereocenters. The van der Waals surface area contributed by atoms with Crippen molar-refractivity contribution in [2.24, 2.45) is 5.92 Å². The topological polar surface area (TPSA) is 29.0 Å².